The number of hydrogen-bond acceptors (Lipinski definition) is 3. The molecule has 0 aliphatic heterocycles. The Morgan fingerprint density at radius 2 is 2.05 bits per heavy atom. The van der Waals surface area contributed by atoms with Gasteiger partial charge >= 0.3 is 0 Å². The first-order chi connectivity index (χ1) is 9.81. The molecule has 114 valence electrons. The fourth-order valence-corrected chi connectivity index (χ4v) is 2.64. The van der Waals surface area contributed by atoms with Crippen molar-refractivity contribution < 1.29 is 17.2 Å². The zero-order chi connectivity index (χ0) is 15.6. The van der Waals surface area contributed by atoms with Gasteiger partial charge in [0.15, 0.2) is 5.03 Å². The van der Waals surface area contributed by atoms with E-state index in [2.05, 4.69) is 4.98 Å². The van der Waals surface area contributed by atoms with Crippen molar-refractivity contribution in [2.45, 2.75) is 31.3 Å². The highest BCUT2D eigenvalue weighted by Gasteiger charge is 2.18. The molecule has 0 amide bonds. The minimum atomic E-state index is -3.96. The summed E-state index contributed by atoms with van der Waals surface area (Å²) < 4.78 is 51.0. The standard InChI is InChI=1S/C13H13ClF2N2O2S/c1-2-3-12-17-13(21(14,19)20)8-18(12)7-9-6-10(15)4-5-11(9)16/h4-6,8H,2-3,7H2,1H3. The Morgan fingerprint density at radius 3 is 2.67 bits per heavy atom. The van der Waals surface area contributed by atoms with Crippen LogP contribution in [0.1, 0.15) is 24.7 Å². The first-order valence-corrected chi connectivity index (χ1v) is 8.57. The minimum absolute atomic E-state index is 0.0155. The molecule has 0 saturated heterocycles. The number of aryl methyl sites for hydroxylation is 1. The first-order valence-electron chi connectivity index (χ1n) is 6.26. The van der Waals surface area contributed by atoms with Crippen molar-refractivity contribution >= 4 is 19.7 Å². The van der Waals surface area contributed by atoms with Crippen LogP contribution in [-0.4, -0.2) is 18.0 Å². The number of hydrogen-bond donors (Lipinski definition) is 0. The molecule has 21 heavy (non-hydrogen) atoms. The van der Waals surface area contributed by atoms with Crippen molar-refractivity contribution in [2.24, 2.45) is 0 Å². The van der Waals surface area contributed by atoms with Crippen LogP contribution in [0.2, 0.25) is 0 Å². The van der Waals surface area contributed by atoms with Crippen LogP contribution >= 0.6 is 10.7 Å². The number of imidazole rings is 1. The van der Waals surface area contributed by atoms with Crippen LogP contribution < -0.4 is 0 Å². The summed E-state index contributed by atoms with van der Waals surface area (Å²) >= 11 is 0. The second-order valence-corrected chi connectivity index (χ2v) is 7.06. The molecule has 0 spiro atoms. The van der Waals surface area contributed by atoms with Gasteiger partial charge < -0.3 is 4.57 Å². The van der Waals surface area contributed by atoms with Gasteiger partial charge in [-0.25, -0.2) is 22.2 Å². The lowest BCUT2D eigenvalue weighted by molar-refractivity contribution is 0.572. The van der Waals surface area contributed by atoms with Crippen LogP contribution in [0.15, 0.2) is 29.4 Å². The number of halogens is 3. The van der Waals surface area contributed by atoms with E-state index in [1.54, 1.807) is 0 Å². The largest absolute Gasteiger partial charge is 0.329 e. The Morgan fingerprint density at radius 1 is 1.33 bits per heavy atom. The number of nitrogens with zero attached hydrogens (tertiary/aromatic N) is 2. The summed E-state index contributed by atoms with van der Waals surface area (Å²) in [7, 11) is 1.30. The molecule has 0 radical (unpaired) electrons. The first kappa shape index (κ1) is 15.9. The molecule has 0 bridgehead atoms. The number of aromatic nitrogens is 2. The fourth-order valence-electron chi connectivity index (χ4n) is 1.95. The quantitative estimate of drug-likeness (QED) is 0.789. The molecule has 0 atom stereocenters. The van der Waals surface area contributed by atoms with Crippen molar-refractivity contribution in [1.82, 2.24) is 9.55 Å². The Kier molecular flexibility index (Phi) is 4.63. The normalized spacial score (nSPS) is 11.8. The van der Waals surface area contributed by atoms with Gasteiger partial charge in [0.2, 0.25) is 0 Å². The molecule has 2 aromatic rings. The summed E-state index contributed by atoms with van der Waals surface area (Å²) in [5.41, 5.74) is 0.114. The lowest BCUT2D eigenvalue weighted by Crippen LogP contribution is -2.06. The molecule has 0 saturated carbocycles. The molecule has 1 aromatic heterocycles. The third-order valence-corrected chi connectivity index (χ3v) is 4.08. The predicted octanol–water partition coefficient (Wildman–Crippen LogP) is 3.09. The Bertz CT molecular complexity index is 760. The molecular weight excluding hydrogens is 322 g/mol. The van der Waals surface area contributed by atoms with E-state index in [0.29, 0.717) is 12.2 Å². The van der Waals surface area contributed by atoms with Crippen LogP contribution in [0.25, 0.3) is 0 Å². The van der Waals surface area contributed by atoms with E-state index in [0.717, 1.165) is 24.6 Å². The van der Waals surface area contributed by atoms with Crippen molar-refractivity contribution in [3.05, 3.63) is 47.4 Å². The van der Waals surface area contributed by atoms with E-state index in [4.69, 9.17) is 10.7 Å². The van der Waals surface area contributed by atoms with Crippen LogP contribution in [0.5, 0.6) is 0 Å². The van der Waals surface area contributed by atoms with Crippen LogP contribution in [-0.2, 0) is 22.0 Å². The molecular formula is C13H13ClF2N2O2S. The molecule has 0 N–H and O–H groups in total. The average molecular weight is 335 g/mol. The molecule has 8 heteroatoms. The Balaban J connectivity index is 2.43. The Hall–Kier alpha value is -1.47. The van der Waals surface area contributed by atoms with Crippen LogP contribution in [0.4, 0.5) is 8.78 Å². The van der Waals surface area contributed by atoms with Crippen molar-refractivity contribution in [3.8, 4) is 0 Å². The van der Waals surface area contributed by atoms with Crippen molar-refractivity contribution in [3.63, 3.8) is 0 Å². The highest BCUT2D eigenvalue weighted by molar-refractivity contribution is 8.13. The summed E-state index contributed by atoms with van der Waals surface area (Å²) in [6, 6.07) is 3.12. The van der Waals surface area contributed by atoms with Gasteiger partial charge in [-0.2, -0.15) is 0 Å². The lowest BCUT2D eigenvalue weighted by atomic mass is 10.2. The fraction of sp³-hybridized carbons (Fsp3) is 0.308. The van der Waals surface area contributed by atoms with Crippen LogP contribution in [0, 0.1) is 11.6 Å². The van der Waals surface area contributed by atoms with E-state index in [1.807, 2.05) is 6.92 Å². The van der Waals surface area contributed by atoms with Gasteiger partial charge in [-0.15, -0.1) is 0 Å². The minimum Gasteiger partial charge on any atom is -0.329 e. The van der Waals surface area contributed by atoms with Crippen LogP contribution in [0.3, 0.4) is 0 Å². The third-order valence-electron chi connectivity index (χ3n) is 2.91. The molecule has 0 aliphatic rings. The van der Waals surface area contributed by atoms with Gasteiger partial charge in [-0.1, -0.05) is 6.92 Å². The highest BCUT2D eigenvalue weighted by Crippen LogP contribution is 2.18. The molecule has 1 aromatic carbocycles. The second-order valence-electron chi connectivity index (χ2n) is 4.55. The summed E-state index contributed by atoms with van der Waals surface area (Å²) in [6.07, 6.45) is 2.46. The van der Waals surface area contributed by atoms with Gasteiger partial charge in [0.1, 0.15) is 17.5 Å². The van der Waals surface area contributed by atoms with Gasteiger partial charge in [-0.05, 0) is 24.6 Å². The molecule has 0 fully saturated rings. The zero-order valence-corrected chi connectivity index (χ0v) is 12.8. The van der Waals surface area contributed by atoms with E-state index < -0.39 is 20.7 Å². The summed E-state index contributed by atoms with van der Waals surface area (Å²) in [4.78, 5) is 3.95. The maximum atomic E-state index is 13.7. The van der Waals surface area contributed by atoms with E-state index >= 15 is 0 Å². The molecule has 1 heterocycles. The van der Waals surface area contributed by atoms with Crippen molar-refractivity contribution in [2.75, 3.05) is 0 Å². The van der Waals surface area contributed by atoms with Gasteiger partial charge in [0.05, 0.1) is 6.54 Å². The lowest BCUT2D eigenvalue weighted by Gasteiger charge is -2.08. The number of benzene rings is 1. The second kappa shape index (κ2) is 6.11. The zero-order valence-electron chi connectivity index (χ0n) is 11.2. The predicted molar refractivity (Wildman–Crippen MR) is 74.7 cm³/mol. The smallest absolute Gasteiger partial charge is 0.280 e. The third kappa shape index (κ3) is 3.79. The van der Waals surface area contributed by atoms with Gasteiger partial charge in [0, 0.05) is 28.9 Å². The maximum absolute atomic E-state index is 13.7. The molecule has 0 aliphatic carbocycles. The monoisotopic (exact) mass is 334 g/mol. The van der Waals surface area contributed by atoms with Crippen molar-refractivity contribution in [1.29, 1.82) is 0 Å². The van der Waals surface area contributed by atoms with E-state index in [9.17, 15) is 17.2 Å². The topological polar surface area (TPSA) is 52.0 Å². The maximum Gasteiger partial charge on any atom is 0.280 e. The van der Waals surface area contributed by atoms with E-state index in [1.165, 1.54) is 10.8 Å². The summed E-state index contributed by atoms with van der Waals surface area (Å²) in [5.74, 6) is -0.669. The Labute approximate surface area is 125 Å². The number of rotatable bonds is 5. The summed E-state index contributed by atoms with van der Waals surface area (Å²) in [5, 5.41) is -0.288. The summed E-state index contributed by atoms with van der Waals surface area (Å²) in [6.45, 7) is 1.88. The van der Waals surface area contributed by atoms with Gasteiger partial charge in [0.25, 0.3) is 9.05 Å². The highest BCUT2D eigenvalue weighted by atomic mass is 35.7. The van der Waals surface area contributed by atoms with E-state index in [-0.39, 0.29) is 17.1 Å². The van der Waals surface area contributed by atoms with Gasteiger partial charge in [-0.3, -0.25) is 0 Å². The molecule has 2 rings (SSSR count). The molecule has 4 nitrogen and oxygen atoms in total. The average Bonchev–Trinajstić information content (AvgIpc) is 2.78. The molecule has 0 unspecified atom stereocenters. The SMILES string of the molecule is CCCc1nc(S(=O)(=O)Cl)cn1Cc1cc(F)ccc1F.